The predicted octanol–water partition coefficient (Wildman–Crippen LogP) is 7.11. The molecular weight excluding hydrogens is 252 g/mol. The molecule has 116 valence electrons. The fraction of sp³-hybridized carbons (Fsp3) is 0.619. The van der Waals surface area contributed by atoms with E-state index < -0.39 is 0 Å². The first-order valence-corrected chi connectivity index (χ1v) is 9.14. The summed E-state index contributed by atoms with van der Waals surface area (Å²) >= 11 is 0. The summed E-state index contributed by atoms with van der Waals surface area (Å²) in [4.78, 5) is 0. The van der Waals surface area contributed by atoms with Crippen molar-refractivity contribution in [1.82, 2.24) is 0 Å². The SMILES string of the molecule is CCCCC1=C(CCCC)C(CCCC)c2ccccc21. The molecule has 0 heterocycles. The van der Waals surface area contributed by atoms with E-state index in [-0.39, 0.29) is 0 Å². The Morgan fingerprint density at radius 1 is 0.810 bits per heavy atom. The van der Waals surface area contributed by atoms with Crippen LogP contribution in [-0.4, -0.2) is 0 Å². The van der Waals surface area contributed by atoms with Gasteiger partial charge in [0.1, 0.15) is 0 Å². The fourth-order valence-corrected chi connectivity index (χ4v) is 3.73. The molecule has 1 aliphatic rings. The standard InChI is InChI=1S/C21H32/c1-4-7-12-17-18(13-8-5-2)20-15-10-11-16-21(20)19(17)14-9-6-3/h10-11,15-16,18H,4-9,12-14H2,1-3H3. The maximum Gasteiger partial charge on any atom is 0.00602 e. The molecule has 0 saturated carbocycles. The van der Waals surface area contributed by atoms with E-state index in [0.29, 0.717) is 0 Å². The van der Waals surface area contributed by atoms with Crippen LogP contribution in [0.2, 0.25) is 0 Å². The third-order valence-corrected chi connectivity index (χ3v) is 4.90. The third kappa shape index (κ3) is 3.78. The first-order chi connectivity index (χ1) is 10.3. The molecule has 0 fully saturated rings. The van der Waals surface area contributed by atoms with E-state index in [9.17, 15) is 0 Å². The highest BCUT2D eigenvalue weighted by Crippen LogP contribution is 2.48. The van der Waals surface area contributed by atoms with E-state index in [1.807, 2.05) is 0 Å². The van der Waals surface area contributed by atoms with Gasteiger partial charge in [0.05, 0.1) is 0 Å². The van der Waals surface area contributed by atoms with Crippen molar-refractivity contribution in [1.29, 1.82) is 0 Å². The summed E-state index contributed by atoms with van der Waals surface area (Å²) in [6.07, 6.45) is 11.9. The van der Waals surface area contributed by atoms with Crippen LogP contribution < -0.4 is 0 Å². The molecule has 0 bridgehead atoms. The van der Waals surface area contributed by atoms with Crippen molar-refractivity contribution in [3.8, 4) is 0 Å². The third-order valence-electron chi connectivity index (χ3n) is 4.90. The molecular formula is C21H32. The molecule has 0 radical (unpaired) electrons. The number of hydrogen-bond acceptors (Lipinski definition) is 0. The highest BCUT2D eigenvalue weighted by atomic mass is 14.3. The number of hydrogen-bond donors (Lipinski definition) is 0. The molecule has 1 aliphatic carbocycles. The van der Waals surface area contributed by atoms with Gasteiger partial charge in [0.25, 0.3) is 0 Å². The largest absolute Gasteiger partial charge is 0.0654 e. The van der Waals surface area contributed by atoms with Crippen LogP contribution >= 0.6 is 0 Å². The van der Waals surface area contributed by atoms with Gasteiger partial charge in [-0.15, -0.1) is 0 Å². The van der Waals surface area contributed by atoms with Gasteiger partial charge >= 0.3 is 0 Å². The topological polar surface area (TPSA) is 0 Å². The average Bonchev–Trinajstić information content (AvgIpc) is 2.81. The molecule has 0 spiro atoms. The second kappa shape index (κ2) is 8.41. The molecule has 0 aromatic heterocycles. The molecule has 1 atom stereocenters. The Morgan fingerprint density at radius 3 is 2.19 bits per heavy atom. The molecule has 0 heteroatoms. The van der Waals surface area contributed by atoms with E-state index in [2.05, 4.69) is 45.0 Å². The Labute approximate surface area is 131 Å². The second-order valence-electron chi connectivity index (χ2n) is 6.49. The number of fused-ring (bicyclic) bond motifs is 1. The summed E-state index contributed by atoms with van der Waals surface area (Å²) in [6.45, 7) is 6.94. The number of rotatable bonds is 9. The van der Waals surface area contributed by atoms with Crippen molar-refractivity contribution in [3.05, 3.63) is 41.0 Å². The van der Waals surface area contributed by atoms with Crippen LogP contribution in [-0.2, 0) is 0 Å². The summed E-state index contributed by atoms with van der Waals surface area (Å²) in [5.41, 5.74) is 6.71. The van der Waals surface area contributed by atoms with E-state index >= 15 is 0 Å². The maximum atomic E-state index is 2.39. The molecule has 0 N–H and O–H groups in total. The van der Waals surface area contributed by atoms with Crippen LogP contribution in [0.5, 0.6) is 0 Å². The van der Waals surface area contributed by atoms with Crippen LogP contribution in [0.1, 0.15) is 95.6 Å². The van der Waals surface area contributed by atoms with Gasteiger partial charge in [-0.3, -0.25) is 0 Å². The molecule has 0 aliphatic heterocycles. The number of benzene rings is 1. The van der Waals surface area contributed by atoms with Gasteiger partial charge in [0.2, 0.25) is 0 Å². The monoisotopic (exact) mass is 284 g/mol. The van der Waals surface area contributed by atoms with Crippen LogP contribution in [0.15, 0.2) is 29.8 Å². The number of unbranched alkanes of at least 4 members (excludes halogenated alkanes) is 3. The van der Waals surface area contributed by atoms with E-state index in [0.717, 1.165) is 5.92 Å². The van der Waals surface area contributed by atoms with Crippen molar-refractivity contribution < 1.29 is 0 Å². The van der Waals surface area contributed by atoms with Crippen molar-refractivity contribution >= 4 is 5.57 Å². The molecule has 21 heavy (non-hydrogen) atoms. The van der Waals surface area contributed by atoms with Gasteiger partial charge in [-0.2, -0.15) is 0 Å². The fourth-order valence-electron chi connectivity index (χ4n) is 3.73. The zero-order valence-electron chi connectivity index (χ0n) is 14.3. The first kappa shape index (κ1) is 16.3. The van der Waals surface area contributed by atoms with Crippen molar-refractivity contribution in [2.75, 3.05) is 0 Å². The Hall–Kier alpha value is -1.04. The smallest absolute Gasteiger partial charge is 0.00602 e. The van der Waals surface area contributed by atoms with Crippen LogP contribution in [0.4, 0.5) is 0 Å². The summed E-state index contributed by atoms with van der Waals surface area (Å²) < 4.78 is 0. The molecule has 0 nitrogen and oxygen atoms in total. The summed E-state index contributed by atoms with van der Waals surface area (Å²) in [5, 5.41) is 0. The van der Waals surface area contributed by atoms with Crippen LogP contribution in [0.25, 0.3) is 5.57 Å². The average molecular weight is 284 g/mol. The molecule has 0 amide bonds. The van der Waals surface area contributed by atoms with Crippen molar-refractivity contribution in [2.24, 2.45) is 0 Å². The molecule has 1 unspecified atom stereocenters. The van der Waals surface area contributed by atoms with Crippen molar-refractivity contribution in [3.63, 3.8) is 0 Å². The lowest BCUT2D eigenvalue weighted by Gasteiger charge is -2.17. The Bertz CT molecular complexity index is 467. The zero-order chi connectivity index (χ0) is 15.1. The normalized spacial score (nSPS) is 17.4. The maximum absolute atomic E-state index is 2.39. The molecule has 2 rings (SSSR count). The van der Waals surface area contributed by atoms with E-state index in [4.69, 9.17) is 0 Å². The highest BCUT2D eigenvalue weighted by Gasteiger charge is 2.29. The van der Waals surface area contributed by atoms with Crippen molar-refractivity contribution in [2.45, 2.75) is 84.5 Å². The lowest BCUT2D eigenvalue weighted by atomic mass is 9.88. The highest BCUT2D eigenvalue weighted by molar-refractivity contribution is 5.78. The minimum atomic E-state index is 0.722. The van der Waals surface area contributed by atoms with E-state index in [1.54, 1.807) is 22.3 Å². The quantitative estimate of drug-likeness (QED) is 0.453. The molecule has 1 aromatic carbocycles. The predicted molar refractivity (Wildman–Crippen MR) is 94.7 cm³/mol. The van der Waals surface area contributed by atoms with Gasteiger partial charge < -0.3 is 0 Å². The summed E-state index contributed by atoms with van der Waals surface area (Å²) in [6, 6.07) is 9.22. The van der Waals surface area contributed by atoms with Gasteiger partial charge in [-0.25, -0.2) is 0 Å². The molecule has 1 aromatic rings. The van der Waals surface area contributed by atoms with Gasteiger partial charge in [-0.1, -0.05) is 76.3 Å². The van der Waals surface area contributed by atoms with Gasteiger partial charge in [-0.05, 0) is 48.8 Å². The molecule has 0 saturated heterocycles. The summed E-state index contributed by atoms with van der Waals surface area (Å²) in [5.74, 6) is 0.722. The lowest BCUT2D eigenvalue weighted by Crippen LogP contribution is -1.99. The van der Waals surface area contributed by atoms with Crippen LogP contribution in [0.3, 0.4) is 0 Å². The van der Waals surface area contributed by atoms with Gasteiger partial charge in [0.15, 0.2) is 0 Å². The summed E-state index contributed by atoms with van der Waals surface area (Å²) in [7, 11) is 0. The van der Waals surface area contributed by atoms with E-state index in [1.165, 1.54) is 57.8 Å². The van der Waals surface area contributed by atoms with Crippen LogP contribution in [0, 0.1) is 0 Å². The minimum absolute atomic E-state index is 0.722. The minimum Gasteiger partial charge on any atom is -0.0654 e. The zero-order valence-corrected chi connectivity index (χ0v) is 14.3. The second-order valence-corrected chi connectivity index (χ2v) is 6.49. The number of allylic oxidation sites excluding steroid dienone is 2. The van der Waals surface area contributed by atoms with Gasteiger partial charge in [0, 0.05) is 5.92 Å². The Morgan fingerprint density at radius 2 is 1.48 bits per heavy atom. The lowest BCUT2D eigenvalue weighted by molar-refractivity contribution is 0.619. The Balaban J connectivity index is 2.33. The first-order valence-electron chi connectivity index (χ1n) is 9.14. The Kier molecular flexibility index (Phi) is 6.54.